The van der Waals surface area contributed by atoms with Crippen LogP contribution in [0.25, 0.3) is 0 Å². The molecule has 1 atom stereocenters. The molecule has 0 radical (unpaired) electrons. The molecular weight excluding hydrogens is 428 g/mol. The molecule has 1 aromatic carbocycles. The van der Waals surface area contributed by atoms with Gasteiger partial charge in [-0.05, 0) is 45.4 Å². The van der Waals surface area contributed by atoms with Gasteiger partial charge in [0.25, 0.3) is 11.8 Å². The van der Waals surface area contributed by atoms with Crippen LogP contribution in [0.2, 0.25) is 0 Å². The molecule has 176 valence electrons. The number of carbonyl (C=O) groups is 5. The van der Waals surface area contributed by atoms with Crippen LogP contribution >= 0.6 is 0 Å². The van der Waals surface area contributed by atoms with Crippen molar-refractivity contribution < 1.29 is 28.7 Å². The Morgan fingerprint density at radius 3 is 2.33 bits per heavy atom. The molecule has 0 saturated carbocycles. The standard InChI is InChI=1S/C23H28N4O6/c1-23(2,3)33-19(29)13-25-8-10-26(11-9-25)14-4-5-15-16(12-14)22(32)27(21(15)31)17-6-7-18(28)24-20(17)30/h4-5,12,17H,6-11,13H2,1-3H3,(H,24,28,30). The van der Waals surface area contributed by atoms with E-state index in [9.17, 15) is 24.0 Å². The van der Waals surface area contributed by atoms with Gasteiger partial charge in [0.2, 0.25) is 11.8 Å². The van der Waals surface area contributed by atoms with Crippen molar-refractivity contribution in [3.05, 3.63) is 29.3 Å². The van der Waals surface area contributed by atoms with Crippen molar-refractivity contribution in [3.8, 4) is 0 Å². The maximum Gasteiger partial charge on any atom is 0.320 e. The smallest absolute Gasteiger partial charge is 0.320 e. The summed E-state index contributed by atoms with van der Waals surface area (Å²) in [6.07, 6.45) is 0.214. The summed E-state index contributed by atoms with van der Waals surface area (Å²) < 4.78 is 5.38. The van der Waals surface area contributed by atoms with Crippen LogP contribution in [0.3, 0.4) is 0 Å². The van der Waals surface area contributed by atoms with E-state index in [1.807, 2.05) is 25.7 Å². The summed E-state index contributed by atoms with van der Waals surface area (Å²) in [5.41, 5.74) is 0.807. The molecule has 10 heteroatoms. The molecule has 3 aliphatic rings. The topological polar surface area (TPSA) is 116 Å². The zero-order valence-corrected chi connectivity index (χ0v) is 19.1. The fraction of sp³-hybridized carbons (Fsp3) is 0.522. The van der Waals surface area contributed by atoms with E-state index in [-0.39, 0.29) is 36.5 Å². The number of fused-ring (bicyclic) bond motifs is 1. The molecule has 0 aromatic heterocycles. The fourth-order valence-corrected chi connectivity index (χ4v) is 4.38. The predicted octanol–water partition coefficient (Wildman–Crippen LogP) is 0.552. The summed E-state index contributed by atoms with van der Waals surface area (Å²) in [7, 11) is 0. The third-order valence-corrected chi connectivity index (χ3v) is 5.93. The van der Waals surface area contributed by atoms with Crippen molar-refractivity contribution in [2.24, 2.45) is 0 Å². The Morgan fingerprint density at radius 2 is 1.70 bits per heavy atom. The van der Waals surface area contributed by atoms with Gasteiger partial charge in [-0.2, -0.15) is 0 Å². The first-order chi connectivity index (χ1) is 15.5. The second-order valence-electron chi connectivity index (χ2n) is 9.53. The van der Waals surface area contributed by atoms with Crippen LogP contribution in [-0.4, -0.2) is 83.8 Å². The lowest BCUT2D eigenvalue weighted by atomic mass is 10.0. The highest BCUT2D eigenvalue weighted by molar-refractivity contribution is 6.23. The van der Waals surface area contributed by atoms with Crippen molar-refractivity contribution in [2.45, 2.75) is 45.3 Å². The van der Waals surface area contributed by atoms with Gasteiger partial charge in [-0.15, -0.1) is 0 Å². The molecular formula is C23H28N4O6. The van der Waals surface area contributed by atoms with Gasteiger partial charge in [0.05, 0.1) is 17.7 Å². The first-order valence-corrected chi connectivity index (χ1v) is 11.1. The minimum absolute atomic E-state index is 0.0859. The van der Waals surface area contributed by atoms with Crippen molar-refractivity contribution in [3.63, 3.8) is 0 Å². The van der Waals surface area contributed by atoms with E-state index in [1.54, 1.807) is 18.2 Å². The van der Waals surface area contributed by atoms with E-state index in [0.29, 0.717) is 26.2 Å². The molecule has 4 amide bonds. The molecule has 3 aliphatic heterocycles. The van der Waals surface area contributed by atoms with Gasteiger partial charge < -0.3 is 9.64 Å². The number of benzene rings is 1. The Bertz CT molecular complexity index is 1020. The number of nitrogens with one attached hydrogen (secondary N) is 1. The fourth-order valence-electron chi connectivity index (χ4n) is 4.38. The SMILES string of the molecule is CC(C)(C)OC(=O)CN1CCN(c2ccc3c(c2)C(=O)N(C2CCC(=O)NC2=O)C3=O)CC1. The van der Waals surface area contributed by atoms with Crippen molar-refractivity contribution in [1.82, 2.24) is 15.1 Å². The molecule has 3 heterocycles. The van der Waals surface area contributed by atoms with Gasteiger partial charge in [-0.25, -0.2) is 0 Å². The molecule has 4 rings (SSSR count). The van der Waals surface area contributed by atoms with Gasteiger partial charge in [0.1, 0.15) is 11.6 Å². The second-order valence-corrected chi connectivity index (χ2v) is 9.53. The number of piperazine rings is 1. The zero-order chi connectivity index (χ0) is 23.9. The van der Waals surface area contributed by atoms with Crippen LogP contribution in [0.1, 0.15) is 54.3 Å². The molecule has 1 unspecified atom stereocenters. The number of piperidine rings is 1. The summed E-state index contributed by atoms with van der Waals surface area (Å²) in [6.45, 7) is 8.36. The second kappa shape index (κ2) is 8.58. The molecule has 33 heavy (non-hydrogen) atoms. The molecule has 0 bridgehead atoms. The highest BCUT2D eigenvalue weighted by Crippen LogP contribution is 2.31. The van der Waals surface area contributed by atoms with E-state index in [4.69, 9.17) is 4.74 Å². The van der Waals surface area contributed by atoms with Crippen molar-refractivity contribution in [1.29, 1.82) is 0 Å². The number of amides is 4. The number of rotatable bonds is 4. The molecule has 2 fully saturated rings. The zero-order valence-electron chi connectivity index (χ0n) is 19.1. The van der Waals surface area contributed by atoms with E-state index in [0.717, 1.165) is 10.6 Å². The summed E-state index contributed by atoms with van der Waals surface area (Å²) in [5, 5.41) is 2.20. The van der Waals surface area contributed by atoms with Gasteiger partial charge >= 0.3 is 5.97 Å². The molecule has 0 spiro atoms. The summed E-state index contributed by atoms with van der Waals surface area (Å²) in [5.74, 6) is -2.32. The van der Waals surface area contributed by atoms with Crippen LogP contribution in [0.4, 0.5) is 5.69 Å². The quantitative estimate of drug-likeness (QED) is 0.516. The van der Waals surface area contributed by atoms with Crippen molar-refractivity contribution >= 4 is 35.3 Å². The number of hydrogen-bond donors (Lipinski definition) is 1. The van der Waals surface area contributed by atoms with E-state index in [1.165, 1.54) is 0 Å². The van der Waals surface area contributed by atoms with Gasteiger partial charge in [0, 0.05) is 38.3 Å². The van der Waals surface area contributed by atoms with Crippen LogP contribution in [0.5, 0.6) is 0 Å². The summed E-state index contributed by atoms with van der Waals surface area (Å²) in [4.78, 5) is 66.7. The number of esters is 1. The number of ether oxygens (including phenoxy) is 1. The lowest BCUT2D eigenvalue weighted by Gasteiger charge is -2.36. The summed E-state index contributed by atoms with van der Waals surface area (Å²) in [6, 6.07) is 4.12. The highest BCUT2D eigenvalue weighted by Gasteiger charge is 2.44. The molecule has 10 nitrogen and oxygen atoms in total. The maximum atomic E-state index is 13.0. The van der Waals surface area contributed by atoms with Gasteiger partial charge in [-0.3, -0.25) is 39.1 Å². The summed E-state index contributed by atoms with van der Waals surface area (Å²) >= 11 is 0. The Balaban J connectivity index is 1.41. The van der Waals surface area contributed by atoms with Crippen molar-refractivity contribution in [2.75, 3.05) is 37.6 Å². The Labute approximate surface area is 191 Å². The van der Waals surface area contributed by atoms with Crippen LogP contribution in [0, 0.1) is 0 Å². The lowest BCUT2D eigenvalue weighted by Crippen LogP contribution is -2.54. The number of carbonyl (C=O) groups excluding carboxylic acids is 5. The third kappa shape index (κ3) is 4.75. The van der Waals surface area contributed by atoms with Crippen LogP contribution < -0.4 is 10.2 Å². The Kier molecular flexibility index (Phi) is 5.96. The Morgan fingerprint density at radius 1 is 1.03 bits per heavy atom. The van der Waals surface area contributed by atoms with Gasteiger partial charge in [-0.1, -0.05) is 0 Å². The molecule has 1 N–H and O–H groups in total. The van der Waals surface area contributed by atoms with Gasteiger partial charge in [0.15, 0.2) is 0 Å². The number of hydrogen-bond acceptors (Lipinski definition) is 8. The van der Waals surface area contributed by atoms with Crippen LogP contribution in [0.15, 0.2) is 18.2 Å². The first-order valence-electron chi connectivity index (χ1n) is 11.1. The monoisotopic (exact) mass is 456 g/mol. The molecule has 2 saturated heterocycles. The predicted molar refractivity (Wildman–Crippen MR) is 118 cm³/mol. The minimum atomic E-state index is -0.977. The molecule has 1 aromatic rings. The number of nitrogens with zero attached hydrogens (tertiary/aromatic N) is 3. The highest BCUT2D eigenvalue weighted by atomic mass is 16.6. The van der Waals surface area contributed by atoms with E-state index >= 15 is 0 Å². The normalized spacial score (nSPS) is 21.8. The number of imide groups is 2. The lowest BCUT2D eigenvalue weighted by molar-refractivity contribution is -0.156. The third-order valence-electron chi connectivity index (χ3n) is 5.93. The van der Waals surface area contributed by atoms with E-state index < -0.39 is 35.3 Å². The Hall–Kier alpha value is -3.27. The maximum absolute atomic E-state index is 13.0. The van der Waals surface area contributed by atoms with E-state index in [2.05, 4.69) is 10.2 Å². The minimum Gasteiger partial charge on any atom is -0.459 e. The molecule has 0 aliphatic carbocycles. The average Bonchev–Trinajstić information content (AvgIpc) is 2.97. The number of anilines is 1. The largest absolute Gasteiger partial charge is 0.459 e. The van der Waals surface area contributed by atoms with Crippen LogP contribution in [-0.2, 0) is 19.1 Å². The average molecular weight is 456 g/mol. The first kappa shape index (κ1) is 22.9.